The fourth-order valence-corrected chi connectivity index (χ4v) is 3.96. The van der Waals surface area contributed by atoms with Crippen LogP contribution in [-0.2, 0) is 13.1 Å². The van der Waals surface area contributed by atoms with Gasteiger partial charge in [-0.3, -0.25) is 18.9 Å². The zero-order valence-corrected chi connectivity index (χ0v) is 15.8. The lowest BCUT2D eigenvalue weighted by Gasteiger charge is -2.26. The number of aryl methyl sites for hydroxylation is 1. The van der Waals surface area contributed by atoms with Crippen LogP contribution in [0.1, 0.15) is 30.3 Å². The molecule has 0 radical (unpaired) electrons. The summed E-state index contributed by atoms with van der Waals surface area (Å²) in [7, 11) is 0. The summed E-state index contributed by atoms with van der Waals surface area (Å²) < 4.78 is 29.5. The summed E-state index contributed by atoms with van der Waals surface area (Å²) in [6.07, 6.45) is 2.92. The number of rotatable bonds is 6. The normalized spacial score (nSPS) is 17.8. The second-order valence-corrected chi connectivity index (χ2v) is 7.27. The minimum atomic E-state index is -2.61. The summed E-state index contributed by atoms with van der Waals surface area (Å²) in [5, 5.41) is 4.68. The van der Waals surface area contributed by atoms with Gasteiger partial charge < -0.3 is 0 Å². The van der Waals surface area contributed by atoms with Gasteiger partial charge in [0, 0.05) is 12.7 Å². The molecule has 1 atom stereocenters. The molecule has 0 spiro atoms. The van der Waals surface area contributed by atoms with Crippen LogP contribution < -0.4 is 5.56 Å². The van der Waals surface area contributed by atoms with E-state index in [-0.39, 0.29) is 6.04 Å². The fraction of sp³-hybridized carbons (Fsp3) is 0.450. The molecule has 1 aliphatic rings. The Hall–Kier alpha value is -2.61. The van der Waals surface area contributed by atoms with E-state index in [0.29, 0.717) is 23.3 Å². The zero-order chi connectivity index (χ0) is 19.7. The Labute approximate surface area is 161 Å². The summed E-state index contributed by atoms with van der Waals surface area (Å²) >= 11 is 0. The maximum Gasteiger partial charge on any atom is 0.261 e. The molecule has 0 N–H and O–H groups in total. The van der Waals surface area contributed by atoms with Gasteiger partial charge in [-0.1, -0.05) is 12.1 Å². The predicted molar refractivity (Wildman–Crippen MR) is 103 cm³/mol. The smallest absolute Gasteiger partial charge is 0.261 e. The quantitative estimate of drug-likeness (QED) is 0.653. The van der Waals surface area contributed by atoms with Crippen molar-refractivity contribution < 1.29 is 8.78 Å². The van der Waals surface area contributed by atoms with Crippen LogP contribution in [-0.4, -0.2) is 43.7 Å². The molecule has 0 aliphatic carbocycles. The number of nitrogens with zero attached hydrogens (tertiary/aromatic N) is 5. The maximum absolute atomic E-state index is 13.2. The van der Waals surface area contributed by atoms with E-state index in [1.165, 1.54) is 4.57 Å². The van der Waals surface area contributed by atoms with Gasteiger partial charge in [-0.15, -0.1) is 0 Å². The molecule has 3 aromatic rings. The molecule has 148 valence electrons. The van der Waals surface area contributed by atoms with Gasteiger partial charge in [0.25, 0.3) is 12.0 Å². The van der Waals surface area contributed by atoms with Crippen molar-refractivity contribution >= 4 is 10.9 Å². The van der Waals surface area contributed by atoms with Crippen LogP contribution in [0.4, 0.5) is 8.78 Å². The number of aromatic nitrogens is 4. The number of fused-ring (bicyclic) bond motifs is 1. The van der Waals surface area contributed by atoms with Crippen LogP contribution >= 0.6 is 0 Å². The highest BCUT2D eigenvalue weighted by molar-refractivity contribution is 5.77. The van der Waals surface area contributed by atoms with Crippen molar-refractivity contribution in [1.29, 1.82) is 0 Å². The van der Waals surface area contributed by atoms with Crippen molar-refractivity contribution in [2.24, 2.45) is 0 Å². The summed E-state index contributed by atoms with van der Waals surface area (Å²) in [4.78, 5) is 19.8. The third-order valence-corrected chi connectivity index (χ3v) is 5.25. The molecule has 1 fully saturated rings. The van der Waals surface area contributed by atoms with Gasteiger partial charge in [0.1, 0.15) is 5.82 Å². The number of benzene rings is 1. The molecule has 8 heteroatoms. The molecule has 4 rings (SSSR count). The highest BCUT2D eigenvalue weighted by Gasteiger charge is 2.30. The Kier molecular flexibility index (Phi) is 5.21. The monoisotopic (exact) mass is 387 g/mol. The van der Waals surface area contributed by atoms with Gasteiger partial charge in [-0.25, -0.2) is 13.8 Å². The molecule has 2 aromatic heterocycles. The Morgan fingerprint density at radius 2 is 2.07 bits per heavy atom. The van der Waals surface area contributed by atoms with Gasteiger partial charge >= 0.3 is 0 Å². The number of hydrogen-bond donors (Lipinski definition) is 0. The van der Waals surface area contributed by atoms with Crippen molar-refractivity contribution in [3.63, 3.8) is 0 Å². The first kappa shape index (κ1) is 18.7. The number of hydrogen-bond acceptors (Lipinski definition) is 4. The van der Waals surface area contributed by atoms with Crippen LogP contribution in [0.25, 0.3) is 10.9 Å². The predicted octanol–water partition coefficient (Wildman–Crippen LogP) is 3.00. The molecule has 0 bridgehead atoms. The van der Waals surface area contributed by atoms with E-state index in [1.807, 2.05) is 30.1 Å². The number of likely N-dealkylation sites (tertiary alicyclic amines) is 1. The van der Waals surface area contributed by atoms with Gasteiger partial charge in [0.05, 0.1) is 36.2 Å². The molecule has 6 nitrogen and oxygen atoms in total. The molecule has 1 aliphatic heterocycles. The minimum Gasteiger partial charge on any atom is -0.292 e. The third-order valence-electron chi connectivity index (χ3n) is 5.25. The Bertz CT molecular complexity index is 1030. The number of halogens is 2. The summed E-state index contributed by atoms with van der Waals surface area (Å²) in [6, 6.07) is 6.79. The topological polar surface area (TPSA) is 56.0 Å². The molecule has 1 aromatic carbocycles. The highest BCUT2D eigenvalue weighted by Crippen LogP contribution is 2.31. The van der Waals surface area contributed by atoms with Crippen molar-refractivity contribution in [1.82, 2.24) is 24.2 Å². The summed E-state index contributed by atoms with van der Waals surface area (Å²) in [6.45, 7) is 3.64. The second kappa shape index (κ2) is 7.79. The second-order valence-electron chi connectivity index (χ2n) is 7.27. The Balaban J connectivity index is 1.68. The third kappa shape index (κ3) is 3.69. The van der Waals surface area contributed by atoms with Crippen LogP contribution in [0.5, 0.6) is 0 Å². The van der Waals surface area contributed by atoms with Gasteiger partial charge in [0.2, 0.25) is 0 Å². The Morgan fingerprint density at radius 1 is 1.25 bits per heavy atom. The lowest BCUT2D eigenvalue weighted by atomic mass is 10.1. The standard InChI is InChI=1S/C20H23F2N5O/c1-14-11-23-26(12-14)10-9-25-8-4-7-17(25)19-24-16-6-3-2-5-15(16)20(28)27(19)13-18(21)22/h2-3,5-6,11-12,17-18H,4,7-10,13H2,1H3. The molecule has 3 heterocycles. The average molecular weight is 387 g/mol. The SMILES string of the molecule is Cc1cnn(CCN2CCCC2c2nc3ccccc3c(=O)n2CC(F)F)c1. The molecule has 1 unspecified atom stereocenters. The lowest BCUT2D eigenvalue weighted by Crippen LogP contribution is -2.35. The summed E-state index contributed by atoms with van der Waals surface area (Å²) in [5.41, 5.74) is 1.26. The molecular weight excluding hydrogens is 364 g/mol. The van der Waals surface area contributed by atoms with Crippen molar-refractivity contribution in [3.8, 4) is 0 Å². The first-order valence-electron chi connectivity index (χ1n) is 9.53. The molecule has 0 amide bonds. The molecular formula is C20H23F2N5O. The summed E-state index contributed by atoms with van der Waals surface area (Å²) in [5.74, 6) is 0.443. The van der Waals surface area contributed by atoms with Crippen LogP contribution in [0, 0.1) is 6.92 Å². The van der Waals surface area contributed by atoms with E-state index < -0.39 is 18.5 Å². The first-order chi connectivity index (χ1) is 13.5. The zero-order valence-electron chi connectivity index (χ0n) is 15.8. The van der Waals surface area contributed by atoms with Crippen molar-refractivity contribution in [3.05, 3.63) is 58.4 Å². The Morgan fingerprint density at radius 3 is 2.82 bits per heavy atom. The van der Waals surface area contributed by atoms with Gasteiger partial charge in [0.15, 0.2) is 0 Å². The van der Waals surface area contributed by atoms with E-state index in [4.69, 9.17) is 0 Å². The van der Waals surface area contributed by atoms with E-state index >= 15 is 0 Å². The highest BCUT2D eigenvalue weighted by atomic mass is 19.3. The van der Waals surface area contributed by atoms with E-state index in [1.54, 1.807) is 18.2 Å². The minimum absolute atomic E-state index is 0.146. The van der Waals surface area contributed by atoms with Crippen molar-refractivity contribution in [2.75, 3.05) is 13.1 Å². The van der Waals surface area contributed by atoms with Crippen LogP contribution in [0.15, 0.2) is 41.5 Å². The number of para-hydroxylation sites is 1. The maximum atomic E-state index is 13.2. The molecule has 0 saturated carbocycles. The molecule has 1 saturated heterocycles. The number of alkyl halides is 2. The first-order valence-corrected chi connectivity index (χ1v) is 9.53. The van der Waals surface area contributed by atoms with Gasteiger partial charge in [-0.2, -0.15) is 5.10 Å². The molecule has 28 heavy (non-hydrogen) atoms. The largest absolute Gasteiger partial charge is 0.292 e. The van der Waals surface area contributed by atoms with E-state index in [0.717, 1.165) is 31.5 Å². The average Bonchev–Trinajstić information content (AvgIpc) is 3.30. The fourth-order valence-electron chi connectivity index (χ4n) is 3.96. The van der Waals surface area contributed by atoms with E-state index in [9.17, 15) is 13.6 Å². The van der Waals surface area contributed by atoms with Crippen molar-refractivity contribution in [2.45, 2.75) is 45.3 Å². The van der Waals surface area contributed by atoms with Crippen LogP contribution in [0.3, 0.4) is 0 Å². The van der Waals surface area contributed by atoms with Crippen LogP contribution in [0.2, 0.25) is 0 Å². The van der Waals surface area contributed by atoms with E-state index in [2.05, 4.69) is 15.0 Å². The lowest BCUT2D eigenvalue weighted by molar-refractivity contribution is 0.120. The van der Waals surface area contributed by atoms with Gasteiger partial charge in [-0.05, 0) is 44.0 Å².